The highest BCUT2D eigenvalue weighted by atomic mass is 32.2. The van der Waals surface area contributed by atoms with Gasteiger partial charge >= 0.3 is 0 Å². The van der Waals surface area contributed by atoms with Crippen LogP contribution in [0.2, 0.25) is 0 Å². The predicted molar refractivity (Wildman–Crippen MR) is 103 cm³/mol. The molecule has 0 unspecified atom stereocenters. The molecular weight excluding hydrogens is 370 g/mol. The molecule has 0 aliphatic carbocycles. The second kappa shape index (κ2) is 7.98. The fourth-order valence-corrected chi connectivity index (χ4v) is 4.22. The van der Waals surface area contributed by atoms with Gasteiger partial charge in [-0.25, -0.2) is 9.97 Å². The molecule has 26 heavy (non-hydrogen) atoms. The first kappa shape index (κ1) is 17.2. The lowest BCUT2D eigenvalue weighted by atomic mass is 10.2. The Morgan fingerprint density at radius 1 is 1.23 bits per heavy atom. The number of fused-ring (bicyclic) bond motifs is 3. The van der Waals surface area contributed by atoms with Crippen molar-refractivity contribution in [2.75, 3.05) is 25.1 Å². The van der Waals surface area contributed by atoms with Crippen LogP contribution in [0, 0.1) is 0 Å². The second-order valence-electron chi connectivity index (χ2n) is 5.41. The van der Waals surface area contributed by atoms with E-state index in [1.165, 1.54) is 23.1 Å². The van der Waals surface area contributed by atoms with Crippen LogP contribution in [0.25, 0.3) is 22.1 Å². The van der Waals surface area contributed by atoms with Crippen molar-refractivity contribution in [2.45, 2.75) is 22.7 Å². The summed E-state index contributed by atoms with van der Waals surface area (Å²) in [6.45, 7) is 4.29. The Labute approximate surface area is 158 Å². The number of nitrogens with one attached hydrogen (secondary N) is 1. The Balaban J connectivity index is 1.49. The molecule has 1 aromatic carbocycles. The first-order valence-corrected chi connectivity index (χ1v) is 9.93. The van der Waals surface area contributed by atoms with Gasteiger partial charge in [0.25, 0.3) is 0 Å². The van der Waals surface area contributed by atoms with Gasteiger partial charge in [-0.1, -0.05) is 23.5 Å². The molecule has 9 heteroatoms. The molecule has 0 saturated heterocycles. The van der Waals surface area contributed by atoms with Crippen molar-refractivity contribution in [3.63, 3.8) is 0 Å². The number of nitrogens with zero attached hydrogens (tertiary/aromatic N) is 4. The summed E-state index contributed by atoms with van der Waals surface area (Å²) in [6.07, 6.45) is 2.49. The van der Waals surface area contributed by atoms with E-state index in [4.69, 9.17) is 9.15 Å². The maximum Gasteiger partial charge on any atom is 0.206 e. The zero-order valence-electron chi connectivity index (χ0n) is 14.1. The normalized spacial score (nSPS) is 11.4. The minimum Gasteiger partial charge on any atom is -0.451 e. The van der Waals surface area contributed by atoms with E-state index in [0.29, 0.717) is 5.58 Å². The average molecular weight is 387 g/mol. The number of ether oxygens (including phenoxy) is 1. The molecule has 0 aliphatic rings. The third-order valence-electron chi connectivity index (χ3n) is 3.66. The third kappa shape index (κ3) is 3.64. The summed E-state index contributed by atoms with van der Waals surface area (Å²) >= 11 is 2.93. The largest absolute Gasteiger partial charge is 0.451 e. The van der Waals surface area contributed by atoms with Crippen LogP contribution in [0.15, 0.2) is 44.4 Å². The Morgan fingerprint density at radius 2 is 2.15 bits per heavy atom. The first-order valence-electron chi connectivity index (χ1n) is 8.30. The zero-order chi connectivity index (χ0) is 17.8. The molecule has 0 atom stereocenters. The number of aromatic nitrogens is 4. The van der Waals surface area contributed by atoms with Crippen LogP contribution in [0.1, 0.15) is 13.3 Å². The zero-order valence-corrected chi connectivity index (χ0v) is 15.8. The van der Waals surface area contributed by atoms with Crippen molar-refractivity contribution in [1.82, 2.24) is 20.2 Å². The highest BCUT2D eigenvalue weighted by Gasteiger charge is 2.15. The van der Waals surface area contributed by atoms with Crippen LogP contribution in [-0.2, 0) is 4.74 Å². The minimum absolute atomic E-state index is 0.681. The molecule has 134 valence electrons. The van der Waals surface area contributed by atoms with Gasteiger partial charge in [-0.05, 0) is 37.2 Å². The highest BCUT2D eigenvalue weighted by molar-refractivity contribution is 8.01. The van der Waals surface area contributed by atoms with Gasteiger partial charge < -0.3 is 14.5 Å². The Hall–Kier alpha value is -2.23. The van der Waals surface area contributed by atoms with Crippen LogP contribution in [0.5, 0.6) is 0 Å². The fraction of sp³-hybridized carbons (Fsp3) is 0.294. The lowest BCUT2D eigenvalue weighted by Crippen LogP contribution is -2.05. The molecule has 0 aliphatic heterocycles. The second-order valence-corrected chi connectivity index (χ2v) is 7.62. The fourth-order valence-electron chi connectivity index (χ4n) is 2.49. The van der Waals surface area contributed by atoms with E-state index in [1.807, 2.05) is 31.2 Å². The van der Waals surface area contributed by atoms with E-state index in [1.54, 1.807) is 6.33 Å². The van der Waals surface area contributed by atoms with Gasteiger partial charge in [-0.3, -0.25) is 0 Å². The number of rotatable bonds is 8. The number of hydrogen-bond donors (Lipinski definition) is 1. The van der Waals surface area contributed by atoms with Crippen LogP contribution < -0.4 is 5.32 Å². The van der Waals surface area contributed by atoms with Crippen molar-refractivity contribution in [3.05, 3.63) is 30.6 Å². The van der Waals surface area contributed by atoms with Gasteiger partial charge in [-0.15, -0.1) is 10.2 Å². The molecule has 7 nitrogen and oxygen atoms in total. The van der Waals surface area contributed by atoms with Gasteiger partial charge in [0, 0.05) is 25.1 Å². The van der Waals surface area contributed by atoms with Gasteiger partial charge in [-0.2, -0.15) is 0 Å². The van der Waals surface area contributed by atoms with E-state index in [2.05, 4.69) is 25.5 Å². The summed E-state index contributed by atoms with van der Waals surface area (Å²) in [4.78, 5) is 8.73. The molecule has 0 bridgehead atoms. The average Bonchev–Trinajstić information content (AvgIpc) is 3.26. The van der Waals surface area contributed by atoms with Gasteiger partial charge in [0.15, 0.2) is 9.92 Å². The van der Waals surface area contributed by atoms with Crippen LogP contribution >= 0.6 is 23.1 Å². The van der Waals surface area contributed by atoms with E-state index in [9.17, 15) is 0 Å². The smallest absolute Gasteiger partial charge is 0.206 e. The lowest BCUT2D eigenvalue weighted by Gasteiger charge is -2.01. The SMILES string of the molecule is CCOCCCNc1nnc(Sc2ncnc3c2oc2ccccc23)s1. The molecule has 0 spiro atoms. The van der Waals surface area contributed by atoms with Crippen molar-refractivity contribution in [1.29, 1.82) is 0 Å². The number of anilines is 1. The van der Waals surface area contributed by atoms with Crippen molar-refractivity contribution in [3.8, 4) is 0 Å². The summed E-state index contributed by atoms with van der Waals surface area (Å²) in [7, 11) is 0. The Morgan fingerprint density at radius 3 is 3.08 bits per heavy atom. The van der Waals surface area contributed by atoms with E-state index >= 15 is 0 Å². The van der Waals surface area contributed by atoms with Gasteiger partial charge in [0.05, 0.1) is 0 Å². The Bertz CT molecular complexity index is 1020. The molecule has 0 amide bonds. The summed E-state index contributed by atoms with van der Waals surface area (Å²) < 4.78 is 12.1. The summed E-state index contributed by atoms with van der Waals surface area (Å²) in [5.74, 6) is 0. The molecular formula is C17H17N5O2S2. The summed E-state index contributed by atoms with van der Waals surface area (Å²) in [6, 6.07) is 7.85. The maximum atomic E-state index is 5.95. The first-order chi connectivity index (χ1) is 12.8. The number of hydrogen-bond acceptors (Lipinski definition) is 9. The molecule has 4 aromatic rings. The van der Waals surface area contributed by atoms with Crippen LogP contribution in [0.3, 0.4) is 0 Å². The minimum atomic E-state index is 0.681. The number of furan rings is 1. The molecule has 1 N–H and O–H groups in total. The quantitative estimate of drug-likeness (QED) is 0.355. The van der Waals surface area contributed by atoms with Gasteiger partial charge in [0.1, 0.15) is 22.5 Å². The highest BCUT2D eigenvalue weighted by Crippen LogP contribution is 2.37. The molecule has 0 radical (unpaired) electrons. The summed E-state index contributed by atoms with van der Waals surface area (Å²) in [5, 5.41) is 14.2. The van der Waals surface area contributed by atoms with E-state index < -0.39 is 0 Å². The maximum absolute atomic E-state index is 5.95. The molecule has 0 fully saturated rings. The van der Waals surface area contributed by atoms with Crippen molar-refractivity contribution >= 4 is 50.3 Å². The monoisotopic (exact) mass is 387 g/mol. The van der Waals surface area contributed by atoms with Gasteiger partial charge in [0.2, 0.25) is 5.13 Å². The third-order valence-corrected chi connectivity index (χ3v) is 5.58. The van der Waals surface area contributed by atoms with Crippen LogP contribution in [-0.4, -0.2) is 39.9 Å². The Kier molecular flexibility index (Phi) is 5.28. The lowest BCUT2D eigenvalue weighted by molar-refractivity contribution is 0.147. The van der Waals surface area contributed by atoms with E-state index in [-0.39, 0.29) is 0 Å². The standard InChI is InChI=1S/C17H17N5O2S2/c1-2-23-9-5-8-18-16-21-22-17(26-16)25-15-14-13(19-10-20-15)11-6-3-4-7-12(11)24-14/h3-4,6-7,10H,2,5,8-9H2,1H3,(H,18,21). The number of para-hydroxylation sites is 1. The topological polar surface area (TPSA) is 86.0 Å². The summed E-state index contributed by atoms with van der Waals surface area (Å²) in [5.41, 5.74) is 2.30. The predicted octanol–water partition coefficient (Wildman–Crippen LogP) is 4.22. The van der Waals surface area contributed by atoms with Crippen LogP contribution in [0.4, 0.5) is 5.13 Å². The number of benzene rings is 1. The molecule has 4 rings (SSSR count). The van der Waals surface area contributed by atoms with E-state index in [0.717, 1.165) is 57.2 Å². The molecule has 3 heterocycles. The van der Waals surface area contributed by atoms with Crippen molar-refractivity contribution in [2.24, 2.45) is 0 Å². The molecule has 0 saturated carbocycles. The van der Waals surface area contributed by atoms with Crippen molar-refractivity contribution < 1.29 is 9.15 Å². The molecule has 3 aromatic heterocycles.